The lowest BCUT2D eigenvalue weighted by Gasteiger charge is -2.27. The van der Waals surface area contributed by atoms with Crippen LogP contribution in [0.4, 0.5) is 0 Å². The Balaban J connectivity index is 1.89. The summed E-state index contributed by atoms with van der Waals surface area (Å²) in [6.07, 6.45) is 6.93. The maximum Gasteiger partial charge on any atom is 0.120 e. The summed E-state index contributed by atoms with van der Waals surface area (Å²) in [5, 5.41) is 9.84. The Morgan fingerprint density at radius 1 is 1.28 bits per heavy atom. The fourth-order valence-corrected chi connectivity index (χ4v) is 3.26. The molecule has 2 nitrogen and oxygen atoms in total. The third-order valence-corrected chi connectivity index (χ3v) is 4.27. The second-order valence-electron chi connectivity index (χ2n) is 5.47. The highest BCUT2D eigenvalue weighted by Gasteiger charge is 2.16. The van der Waals surface area contributed by atoms with Crippen LogP contribution in [0.1, 0.15) is 37.7 Å². The predicted octanol–water partition coefficient (Wildman–Crippen LogP) is 4.17. The summed E-state index contributed by atoms with van der Waals surface area (Å²) < 4.78 is 1.03. The summed E-state index contributed by atoms with van der Waals surface area (Å²) in [6.45, 7) is 1.97. The topological polar surface area (TPSA) is 23.5 Å². The van der Waals surface area contributed by atoms with Crippen molar-refractivity contribution in [1.82, 2.24) is 4.90 Å². The van der Waals surface area contributed by atoms with Gasteiger partial charge in [0.05, 0.1) is 0 Å². The zero-order valence-electron chi connectivity index (χ0n) is 11.0. The van der Waals surface area contributed by atoms with Gasteiger partial charge in [-0.1, -0.05) is 35.2 Å². The minimum absolute atomic E-state index is 0.397. The standard InChI is InChI=1S/C15H22BrNO/c1-17(10-12-5-3-2-4-6-12)11-13-9-14(16)7-8-15(13)18/h7-9,12,18H,2-6,10-11H2,1H3. The first-order chi connectivity index (χ1) is 8.65. The largest absolute Gasteiger partial charge is 0.508 e. The zero-order chi connectivity index (χ0) is 13.0. The predicted molar refractivity (Wildman–Crippen MR) is 78.7 cm³/mol. The van der Waals surface area contributed by atoms with Crippen LogP contribution in [0.25, 0.3) is 0 Å². The molecular weight excluding hydrogens is 290 g/mol. The molecule has 0 spiro atoms. The molecule has 18 heavy (non-hydrogen) atoms. The molecule has 3 heteroatoms. The molecule has 0 bridgehead atoms. The van der Waals surface area contributed by atoms with E-state index in [1.807, 2.05) is 12.1 Å². The van der Waals surface area contributed by atoms with Gasteiger partial charge in [0.2, 0.25) is 0 Å². The molecule has 0 radical (unpaired) electrons. The highest BCUT2D eigenvalue weighted by atomic mass is 79.9. The second kappa shape index (κ2) is 6.58. The third kappa shape index (κ3) is 3.99. The number of phenolic OH excluding ortho intramolecular Hbond substituents is 1. The summed E-state index contributed by atoms with van der Waals surface area (Å²) >= 11 is 3.46. The lowest BCUT2D eigenvalue weighted by atomic mass is 9.89. The van der Waals surface area contributed by atoms with E-state index in [0.29, 0.717) is 5.75 Å². The van der Waals surface area contributed by atoms with Gasteiger partial charge in [0.1, 0.15) is 5.75 Å². The van der Waals surface area contributed by atoms with E-state index in [0.717, 1.165) is 29.0 Å². The van der Waals surface area contributed by atoms with Crippen LogP contribution in [0.15, 0.2) is 22.7 Å². The number of aromatic hydroxyl groups is 1. The van der Waals surface area contributed by atoms with E-state index in [4.69, 9.17) is 0 Å². The fourth-order valence-electron chi connectivity index (χ4n) is 2.85. The van der Waals surface area contributed by atoms with Gasteiger partial charge in [0, 0.05) is 23.1 Å². The number of nitrogens with zero attached hydrogens (tertiary/aromatic N) is 1. The quantitative estimate of drug-likeness (QED) is 0.902. The smallest absolute Gasteiger partial charge is 0.120 e. The van der Waals surface area contributed by atoms with Crippen molar-refractivity contribution in [3.05, 3.63) is 28.2 Å². The molecule has 0 aliphatic heterocycles. The fraction of sp³-hybridized carbons (Fsp3) is 0.600. The summed E-state index contributed by atoms with van der Waals surface area (Å²) in [5.74, 6) is 1.24. The lowest BCUT2D eigenvalue weighted by Crippen LogP contribution is -2.26. The molecule has 0 heterocycles. The van der Waals surface area contributed by atoms with E-state index in [1.165, 1.54) is 32.1 Å². The van der Waals surface area contributed by atoms with E-state index in [2.05, 4.69) is 27.9 Å². The SMILES string of the molecule is CN(Cc1cc(Br)ccc1O)CC1CCCCC1. The molecule has 100 valence electrons. The molecule has 0 amide bonds. The number of halogens is 1. The first kappa shape index (κ1) is 13.9. The van der Waals surface area contributed by atoms with Crippen LogP contribution >= 0.6 is 15.9 Å². The van der Waals surface area contributed by atoms with Crippen molar-refractivity contribution in [3.8, 4) is 5.75 Å². The molecule has 1 fully saturated rings. The maximum absolute atomic E-state index is 9.84. The van der Waals surface area contributed by atoms with Crippen LogP contribution in [0, 0.1) is 5.92 Å². The molecule has 0 atom stereocenters. The molecule has 0 aromatic heterocycles. The average molecular weight is 312 g/mol. The van der Waals surface area contributed by atoms with Crippen molar-refractivity contribution < 1.29 is 5.11 Å². The van der Waals surface area contributed by atoms with Crippen LogP contribution in [-0.4, -0.2) is 23.6 Å². The van der Waals surface area contributed by atoms with E-state index in [9.17, 15) is 5.11 Å². The molecule has 1 aliphatic carbocycles. The molecule has 2 rings (SSSR count). The van der Waals surface area contributed by atoms with Gasteiger partial charge in [-0.25, -0.2) is 0 Å². The van der Waals surface area contributed by atoms with Crippen molar-refractivity contribution >= 4 is 15.9 Å². The van der Waals surface area contributed by atoms with Crippen LogP contribution in [0.5, 0.6) is 5.75 Å². The molecule has 1 aromatic carbocycles. The summed E-state index contributed by atoms with van der Waals surface area (Å²) in [4.78, 5) is 2.33. The normalized spacial score (nSPS) is 17.3. The van der Waals surface area contributed by atoms with Gasteiger partial charge in [-0.3, -0.25) is 0 Å². The van der Waals surface area contributed by atoms with E-state index in [1.54, 1.807) is 6.07 Å². The average Bonchev–Trinajstić information content (AvgIpc) is 2.35. The van der Waals surface area contributed by atoms with Crippen LogP contribution < -0.4 is 0 Å². The Morgan fingerprint density at radius 3 is 2.72 bits per heavy atom. The highest BCUT2D eigenvalue weighted by molar-refractivity contribution is 9.10. The Labute approximate surface area is 118 Å². The lowest BCUT2D eigenvalue weighted by molar-refractivity contribution is 0.226. The minimum Gasteiger partial charge on any atom is -0.508 e. The van der Waals surface area contributed by atoms with Crippen molar-refractivity contribution in [2.45, 2.75) is 38.6 Å². The van der Waals surface area contributed by atoms with Crippen molar-refractivity contribution in [2.24, 2.45) is 5.92 Å². The monoisotopic (exact) mass is 311 g/mol. The van der Waals surface area contributed by atoms with Gasteiger partial charge in [-0.2, -0.15) is 0 Å². The number of hydrogen-bond acceptors (Lipinski definition) is 2. The van der Waals surface area contributed by atoms with Crippen molar-refractivity contribution in [2.75, 3.05) is 13.6 Å². The highest BCUT2D eigenvalue weighted by Crippen LogP contribution is 2.26. The zero-order valence-corrected chi connectivity index (χ0v) is 12.6. The Morgan fingerprint density at radius 2 is 2.00 bits per heavy atom. The van der Waals surface area contributed by atoms with Gasteiger partial charge in [0.15, 0.2) is 0 Å². The molecule has 1 aliphatic rings. The number of phenols is 1. The second-order valence-corrected chi connectivity index (χ2v) is 6.39. The molecule has 1 N–H and O–H groups in total. The molecule has 1 saturated carbocycles. The van der Waals surface area contributed by atoms with Crippen LogP contribution in [0.3, 0.4) is 0 Å². The van der Waals surface area contributed by atoms with Crippen molar-refractivity contribution in [1.29, 1.82) is 0 Å². The van der Waals surface area contributed by atoms with Gasteiger partial charge in [-0.15, -0.1) is 0 Å². The summed E-state index contributed by atoms with van der Waals surface area (Å²) in [6, 6.07) is 5.64. The summed E-state index contributed by atoms with van der Waals surface area (Å²) in [7, 11) is 2.15. The molecule has 0 saturated heterocycles. The molecule has 0 unspecified atom stereocenters. The van der Waals surface area contributed by atoms with Gasteiger partial charge in [0.25, 0.3) is 0 Å². The minimum atomic E-state index is 0.397. The first-order valence-corrected chi connectivity index (χ1v) is 7.60. The molecular formula is C15H22BrNO. The molecule has 1 aromatic rings. The Hall–Kier alpha value is -0.540. The third-order valence-electron chi connectivity index (χ3n) is 3.78. The van der Waals surface area contributed by atoms with E-state index < -0.39 is 0 Å². The van der Waals surface area contributed by atoms with Gasteiger partial charge >= 0.3 is 0 Å². The maximum atomic E-state index is 9.84. The van der Waals surface area contributed by atoms with Crippen molar-refractivity contribution in [3.63, 3.8) is 0 Å². The van der Waals surface area contributed by atoms with Crippen LogP contribution in [-0.2, 0) is 6.54 Å². The van der Waals surface area contributed by atoms with Gasteiger partial charge in [-0.05, 0) is 44.0 Å². The summed E-state index contributed by atoms with van der Waals surface area (Å²) in [5.41, 5.74) is 1.00. The van der Waals surface area contributed by atoms with Gasteiger partial charge < -0.3 is 10.0 Å². The Bertz CT molecular complexity index is 388. The van der Waals surface area contributed by atoms with Crippen LogP contribution in [0.2, 0.25) is 0 Å². The Kier molecular flexibility index (Phi) is 5.07. The first-order valence-electron chi connectivity index (χ1n) is 6.81. The number of benzene rings is 1. The van der Waals surface area contributed by atoms with E-state index >= 15 is 0 Å². The van der Waals surface area contributed by atoms with E-state index in [-0.39, 0.29) is 0 Å². The number of rotatable bonds is 4. The number of hydrogen-bond donors (Lipinski definition) is 1.